The van der Waals surface area contributed by atoms with Gasteiger partial charge in [-0.1, -0.05) is 0 Å². The molecule has 5 nitrogen and oxygen atoms in total. The molecule has 2 aromatic heterocycles. The first kappa shape index (κ1) is 13.6. The molecule has 0 atom stereocenters. The molecular formula is C14H18N4OS2. The predicted octanol–water partition coefficient (Wildman–Crippen LogP) is 2.32. The second kappa shape index (κ2) is 5.31. The van der Waals surface area contributed by atoms with Gasteiger partial charge in [0.1, 0.15) is 6.61 Å². The summed E-state index contributed by atoms with van der Waals surface area (Å²) in [6.07, 6.45) is 3.40. The number of aliphatic hydroxyl groups is 1. The molecule has 7 heteroatoms. The van der Waals surface area contributed by atoms with Crippen LogP contribution in [-0.4, -0.2) is 30.9 Å². The largest absolute Gasteiger partial charge is 0.388 e. The fourth-order valence-electron chi connectivity index (χ4n) is 2.98. The molecule has 112 valence electrons. The van der Waals surface area contributed by atoms with Crippen LogP contribution < -0.4 is 0 Å². The lowest BCUT2D eigenvalue weighted by atomic mass is 10.1. The molecule has 21 heavy (non-hydrogen) atoms. The number of hydrogen-bond donors (Lipinski definition) is 1. The van der Waals surface area contributed by atoms with E-state index in [-0.39, 0.29) is 6.61 Å². The van der Waals surface area contributed by atoms with E-state index in [0.717, 1.165) is 37.1 Å². The van der Waals surface area contributed by atoms with Gasteiger partial charge in [-0.3, -0.25) is 9.47 Å². The van der Waals surface area contributed by atoms with E-state index in [4.69, 9.17) is 12.2 Å². The van der Waals surface area contributed by atoms with Crippen LogP contribution in [0, 0.1) is 4.77 Å². The zero-order valence-corrected chi connectivity index (χ0v) is 13.4. The molecule has 1 saturated carbocycles. The number of aliphatic hydroxyl groups excluding tert-OH is 1. The van der Waals surface area contributed by atoms with Crippen LogP contribution in [0.15, 0.2) is 11.4 Å². The van der Waals surface area contributed by atoms with E-state index in [1.807, 2.05) is 20.6 Å². The van der Waals surface area contributed by atoms with E-state index < -0.39 is 0 Å². The summed E-state index contributed by atoms with van der Waals surface area (Å²) < 4.78 is 4.66. The Kier molecular flexibility index (Phi) is 3.45. The molecule has 0 amide bonds. The first-order chi connectivity index (χ1) is 10.3. The van der Waals surface area contributed by atoms with Gasteiger partial charge in [-0.05, 0) is 48.5 Å². The topological polar surface area (TPSA) is 46.2 Å². The summed E-state index contributed by atoms with van der Waals surface area (Å²) in [4.78, 5) is 3.88. The maximum absolute atomic E-state index is 9.49. The maximum atomic E-state index is 9.49. The van der Waals surface area contributed by atoms with Gasteiger partial charge in [0.25, 0.3) is 0 Å². The smallest absolute Gasteiger partial charge is 0.199 e. The average molecular weight is 322 g/mol. The van der Waals surface area contributed by atoms with Gasteiger partial charge in [0.15, 0.2) is 10.6 Å². The van der Waals surface area contributed by atoms with Gasteiger partial charge in [-0.15, -0.1) is 11.3 Å². The van der Waals surface area contributed by atoms with Crippen molar-refractivity contribution in [2.75, 3.05) is 6.54 Å². The normalized spacial score (nSPS) is 18.9. The monoisotopic (exact) mass is 322 g/mol. The second-order valence-electron chi connectivity index (χ2n) is 5.77. The van der Waals surface area contributed by atoms with Crippen molar-refractivity contribution in [1.82, 2.24) is 19.2 Å². The molecule has 0 saturated heterocycles. The lowest BCUT2D eigenvalue weighted by Gasteiger charge is -2.26. The quantitative estimate of drug-likeness (QED) is 0.878. The minimum absolute atomic E-state index is 0.0399. The van der Waals surface area contributed by atoms with E-state index >= 15 is 0 Å². The van der Waals surface area contributed by atoms with Crippen LogP contribution in [0.4, 0.5) is 0 Å². The molecule has 0 radical (unpaired) electrons. The second-order valence-corrected chi connectivity index (χ2v) is 7.14. The van der Waals surface area contributed by atoms with Crippen LogP contribution >= 0.6 is 23.6 Å². The van der Waals surface area contributed by atoms with Crippen molar-refractivity contribution < 1.29 is 5.11 Å². The highest BCUT2D eigenvalue weighted by atomic mass is 32.1. The van der Waals surface area contributed by atoms with Crippen LogP contribution in [0.5, 0.6) is 0 Å². The van der Waals surface area contributed by atoms with Crippen molar-refractivity contribution in [1.29, 1.82) is 0 Å². The molecule has 1 aliphatic heterocycles. The van der Waals surface area contributed by atoms with Crippen molar-refractivity contribution >= 4 is 23.6 Å². The Morgan fingerprint density at radius 2 is 2.29 bits per heavy atom. The Bertz CT molecular complexity index is 713. The van der Waals surface area contributed by atoms with Crippen LogP contribution in [-0.2, 0) is 26.2 Å². The summed E-state index contributed by atoms with van der Waals surface area (Å²) in [5.74, 6) is 0.704. The minimum atomic E-state index is -0.0399. The average Bonchev–Trinajstić information content (AvgIpc) is 3.13. The van der Waals surface area contributed by atoms with Crippen LogP contribution in [0.25, 0.3) is 0 Å². The standard InChI is InChI=1S/C14H18N4OS2/c19-8-13-15-17(14(20)18(13)11-1-2-11)9-16-5-3-12-10(7-16)4-6-21-12/h4,6,11,19H,1-3,5,7-9H2. The van der Waals surface area contributed by atoms with Gasteiger partial charge in [0.2, 0.25) is 0 Å². The van der Waals surface area contributed by atoms with Crippen LogP contribution in [0.2, 0.25) is 0 Å². The maximum Gasteiger partial charge on any atom is 0.199 e. The fraction of sp³-hybridized carbons (Fsp3) is 0.571. The molecule has 4 rings (SSSR count). The summed E-state index contributed by atoms with van der Waals surface area (Å²) in [7, 11) is 0. The van der Waals surface area contributed by atoms with E-state index in [0.29, 0.717) is 18.5 Å². The minimum Gasteiger partial charge on any atom is -0.388 e. The SMILES string of the molecule is OCc1nn(CN2CCc3sccc3C2)c(=S)n1C1CC1. The van der Waals surface area contributed by atoms with Crippen molar-refractivity contribution in [3.8, 4) is 0 Å². The highest BCUT2D eigenvalue weighted by molar-refractivity contribution is 7.71. The summed E-state index contributed by atoms with van der Waals surface area (Å²) in [5.41, 5.74) is 1.43. The predicted molar refractivity (Wildman–Crippen MR) is 83.7 cm³/mol. The highest BCUT2D eigenvalue weighted by Gasteiger charge is 2.28. The number of thiophene rings is 1. The molecular weight excluding hydrogens is 304 g/mol. The highest BCUT2D eigenvalue weighted by Crippen LogP contribution is 2.36. The van der Waals surface area contributed by atoms with Crippen LogP contribution in [0.3, 0.4) is 0 Å². The van der Waals surface area contributed by atoms with Gasteiger partial charge < -0.3 is 5.11 Å². The molecule has 0 spiro atoms. The molecule has 1 aliphatic carbocycles. The number of nitrogens with zero attached hydrogens (tertiary/aromatic N) is 4. The summed E-state index contributed by atoms with van der Waals surface area (Å²) in [6, 6.07) is 2.67. The molecule has 0 unspecified atom stereocenters. The first-order valence-electron chi connectivity index (χ1n) is 7.33. The van der Waals surface area contributed by atoms with Crippen molar-refractivity contribution in [3.05, 3.63) is 32.5 Å². The summed E-state index contributed by atoms with van der Waals surface area (Å²) in [6.45, 7) is 2.67. The first-order valence-corrected chi connectivity index (χ1v) is 8.61. The van der Waals surface area contributed by atoms with Crippen molar-refractivity contribution in [2.45, 2.75) is 45.1 Å². The van der Waals surface area contributed by atoms with E-state index in [2.05, 4.69) is 21.4 Å². The van der Waals surface area contributed by atoms with Crippen LogP contribution in [0.1, 0.15) is 35.1 Å². The molecule has 2 aromatic rings. The lowest BCUT2D eigenvalue weighted by Crippen LogP contribution is -2.32. The Balaban J connectivity index is 1.57. The zero-order valence-electron chi connectivity index (χ0n) is 11.7. The number of rotatable bonds is 4. The summed E-state index contributed by atoms with van der Waals surface area (Å²) in [5, 5.41) is 16.2. The third-order valence-electron chi connectivity index (χ3n) is 4.22. The Morgan fingerprint density at radius 3 is 3.05 bits per heavy atom. The third-order valence-corrected chi connectivity index (χ3v) is 5.65. The molecule has 3 heterocycles. The Morgan fingerprint density at radius 1 is 1.43 bits per heavy atom. The molecule has 2 aliphatic rings. The van der Waals surface area contributed by atoms with Gasteiger partial charge in [-0.2, -0.15) is 5.10 Å². The van der Waals surface area contributed by atoms with Crippen molar-refractivity contribution in [2.24, 2.45) is 0 Å². The van der Waals surface area contributed by atoms with Gasteiger partial charge in [0, 0.05) is 24.0 Å². The third kappa shape index (κ3) is 2.48. The summed E-state index contributed by atoms with van der Waals surface area (Å²) >= 11 is 7.41. The van der Waals surface area contributed by atoms with E-state index in [1.54, 1.807) is 0 Å². The number of hydrogen-bond acceptors (Lipinski definition) is 5. The van der Waals surface area contributed by atoms with E-state index in [9.17, 15) is 5.11 Å². The Labute approximate surface area is 132 Å². The zero-order chi connectivity index (χ0) is 14.4. The molecule has 0 bridgehead atoms. The lowest BCUT2D eigenvalue weighted by molar-refractivity contribution is 0.188. The Hall–Kier alpha value is -1.02. The fourth-order valence-corrected chi connectivity index (χ4v) is 4.22. The number of aromatic nitrogens is 3. The van der Waals surface area contributed by atoms with Gasteiger partial charge >= 0.3 is 0 Å². The number of fused-ring (bicyclic) bond motifs is 1. The van der Waals surface area contributed by atoms with Gasteiger partial charge in [-0.25, -0.2) is 4.68 Å². The van der Waals surface area contributed by atoms with Crippen molar-refractivity contribution in [3.63, 3.8) is 0 Å². The van der Waals surface area contributed by atoms with E-state index in [1.165, 1.54) is 10.4 Å². The molecule has 1 N–H and O–H groups in total. The molecule has 1 fully saturated rings. The molecule has 0 aromatic carbocycles. The van der Waals surface area contributed by atoms with Gasteiger partial charge in [0.05, 0.1) is 6.67 Å².